The zero-order valence-electron chi connectivity index (χ0n) is 14.5. The van der Waals surface area contributed by atoms with Gasteiger partial charge in [0, 0.05) is 29.4 Å². The Morgan fingerprint density at radius 2 is 1.81 bits per heavy atom. The zero-order chi connectivity index (χ0) is 17.9. The molecule has 0 saturated heterocycles. The minimum Gasteiger partial charge on any atom is -0.317 e. The van der Waals surface area contributed by atoms with Gasteiger partial charge in [0.05, 0.1) is 5.69 Å². The summed E-state index contributed by atoms with van der Waals surface area (Å²) in [6.07, 6.45) is 13.2. The van der Waals surface area contributed by atoms with E-state index in [-0.39, 0.29) is 5.83 Å². The van der Waals surface area contributed by atoms with Crippen LogP contribution in [0.4, 0.5) is 15.8 Å². The SMILES string of the molecule is C=C1/C=C\C=C/N(c2ccccc2)c2cc(C3=C(F)CCC=C3)ccc21. The van der Waals surface area contributed by atoms with Crippen LogP contribution < -0.4 is 4.90 Å². The van der Waals surface area contributed by atoms with Crippen molar-refractivity contribution in [1.29, 1.82) is 0 Å². The van der Waals surface area contributed by atoms with Crippen molar-refractivity contribution in [2.24, 2.45) is 0 Å². The maximum Gasteiger partial charge on any atom is 0.108 e. The summed E-state index contributed by atoms with van der Waals surface area (Å²) in [6, 6.07) is 16.2. The Balaban J connectivity index is 1.90. The van der Waals surface area contributed by atoms with Gasteiger partial charge in [0.2, 0.25) is 0 Å². The van der Waals surface area contributed by atoms with Crippen LogP contribution in [0.1, 0.15) is 24.0 Å². The van der Waals surface area contributed by atoms with E-state index in [2.05, 4.69) is 29.7 Å². The summed E-state index contributed by atoms with van der Waals surface area (Å²) in [5.41, 5.74) is 5.60. The lowest BCUT2D eigenvalue weighted by molar-refractivity contribution is 0.592. The van der Waals surface area contributed by atoms with E-state index in [1.165, 1.54) is 0 Å². The molecule has 1 heterocycles. The Bertz CT molecular complexity index is 961. The van der Waals surface area contributed by atoms with Crippen LogP contribution in [0.3, 0.4) is 0 Å². The molecule has 4 rings (SSSR count). The van der Waals surface area contributed by atoms with Gasteiger partial charge in [0.15, 0.2) is 0 Å². The molecule has 2 aromatic carbocycles. The molecule has 1 nitrogen and oxygen atoms in total. The number of benzene rings is 2. The normalized spacial score (nSPS) is 19.0. The first-order valence-corrected chi connectivity index (χ1v) is 8.82. The standard InChI is InChI=1S/C24H20FN/c1-18-9-7-8-16-26(20-10-3-2-4-11-20)24-17-19(14-15-21(18)24)22-12-5-6-13-23(22)25/h2-5,7-12,14-17H,1,6,13H2/b9-7-,16-8-. The summed E-state index contributed by atoms with van der Waals surface area (Å²) in [5, 5.41) is 0. The molecule has 128 valence electrons. The molecule has 0 N–H and O–H groups in total. The van der Waals surface area contributed by atoms with Crippen LogP contribution in [0.15, 0.2) is 97.5 Å². The van der Waals surface area contributed by atoms with E-state index in [0.29, 0.717) is 12.0 Å². The molecule has 2 aliphatic rings. The minimum absolute atomic E-state index is 0.0428. The Labute approximate surface area is 153 Å². The molecular formula is C24H20FN. The quantitative estimate of drug-likeness (QED) is 0.571. The molecule has 2 aromatic rings. The zero-order valence-corrected chi connectivity index (χ0v) is 14.5. The van der Waals surface area contributed by atoms with Crippen LogP contribution in [0.5, 0.6) is 0 Å². The number of allylic oxidation sites excluding steroid dienone is 8. The van der Waals surface area contributed by atoms with Gasteiger partial charge in [-0.25, -0.2) is 4.39 Å². The number of anilines is 2. The summed E-state index contributed by atoms with van der Waals surface area (Å²) in [7, 11) is 0. The first-order valence-electron chi connectivity index (χ1n) is 8.82. The minimum atomic E-state index is -0.0428. The number of rotatable bonds is 2. The van der Waals surface area contributed by atoms with Crippen LogP contribution in [0.2, 0.25) is 0 Å². The van der Waals surface area contributed by atoms with Gasteiger partial charge in [0.1, 0.15) is 5.83 Å². The van der Waals surface area contributed by atoms with Crippen LogP contribution in [0, 0.1) is 0 Å². The monoisotopic (exact) mass is 341 g/mol. The van der Waals surface area contributed by atoms with Gasteiger partial charge >= 0.3 is 0 Å². The number of fused-ring (bicyclic) bond motifs is 1. The predicted octanol–water partition coefficient (Wildman–Crippen LogP) is 6.95. The van der Waals surface area contributed by atoms with E-state index in [1.807, 2.05) is 66.9 Å². The van der Waals surface area contributed by atoms with Crippen molar-refractivity contribution in [1.82, 2.24) is 0 Å². The molecule has 0 unspecified atom stereocenters. The highest BCUT2D eigenvalue weighted by Crippen LogP contribution is 2.38. The molecule has 1 aliphatic carbocycles. The molecular weight excluding hydrogens is 321 g/mol. The highest BCUT2D eigenvalue weighted by atomic mass is 19.1. The Hall–Kier alpha value is -3.13. The first kappa shape index (κ1) is 16.3. The molecule has 0 radical (unpaired) electrons. The largest absolute Gasteiger partial charge is 0.317 e. The second-order valence-electron chi connectivity index (χ2n) is 6.42. The van der Waals surface area contributed by atoms with Crippen molar-refractivity contribution in [3.8, 4) is 0 Å². The smallest absolute Gasteiger partial charge is 0.108 e. The van der Waals surface area contributed by atoms with Crippen LogP contribution in [-0.2, 0) is 0 Å². The lowest BCUT2D eigenvalue weighted by Gasteiger charge is -2.26. The molecule has 1 aliphatic heterocycles. The third-order valence-electron chi connectivity index (χ3n) is 4.70. The summed E-state index contributed by atoms with van der Waals surface area (Å²) in [6.45, 7) is 4.19. The van der Waals surface area contributed by atoms with Gasteiger partial charge in [-0.15, -0.1) is 0 Å². The van der Waals surface area contributed by atoms with Gasteiger partial charge in [-0.05, 0) is 41.8 Å². The van der Waals surface area contributed by atoms with Crippen molar-refractivity contribution < 1.29 is 4.39 Å². The summed E-state index contributed by atoms with van der Waals surface area (Å²) >= 11 is 0. The fourth-order valence-corrected chi connectivity index (χ4v) is 3.35. The molecule has 2 heteroatoms. The van der Waals surface area contributed by atoms with Crippen LogP contribution in [-0.4, -0.2) is 0 Å². The second-order valence-corrected chi connectivity index (χ2v) is 6.42. The van der Waals surface area contributed by atoms with Gasteiger partial charge in [-0.2, -0.15) is 0 Å². The number of halogens is 1. The number of hydrogen-bond donors (Lipinski definition) is 0. The molecule has 0 atom stereocenters. The number of hydrogen-bond acceptors (Lipinski definition) is 1. The number of para-hydroxylation sites is 1. The van der Waals surface area contributed by atoms with Gasteiger partial charge in [-0.3, -0.25) is 0 Å². The van der Waals surface area contributed by atoms with E-state index < -0.39 is 0 Å². The predicted molar refractivity (Wildman–Crippen MR) is 109 cm³/mol. The van der Waals surface area contributed by atoms with Crippen LogP contribution in [0.25, 0.3) is 11.1 Å². The summed E-state index contributed by atoms with van der Waals surface area (Å²) < 4.78 is 14.4. The van der Waals surface area contributed by atoms with Gasteiger partial charge < -0.3 is 4.90 Å². The molecule has 0 amide bonds. The third-order valence-corrected chi connectivity index (χ3v) is 4.70. The van der Waals surface area contributed by atoms with Crippen molar-refractivity contribution in [3.05, 3.63) is 109 Å². The van der Waals surface area contributed by atoms with Crippen LogP contribution >= 0.6 is 0 Å². The van der Waals surface area contributed by atoms with Gasteiger partial charge in [0.25, 0.3) is 0 Å². The molecule has 26 heavy (non-hydrogen) atoms. The van der Waals surface area contributed by atoms with Crippen molar-refractivity contribution in [2.45, 2.75) is 12.8 Å². The molecule has 0 bridgehead atoms. The topological polar surface area (TPSA) is 3.24 Å². The fourth-order valence-electron chi connectivity index (χ4n) is 3.35. The van der Waals surface area contributed by atoms with Crippen molar-refractivity contribution in [3.63, 3.8) is 0 Å². The second kappa shape index (κ2) is 7.01. The average molecular weight is 341 g/mol. The molecule has 0 spiro atoms. The Kier molecular flexibility index (Phi) is 4.40. The summed E-state index contributed by atoms with van der Waals surface area (Å²) in [5.74, 6) is -0.0428. The molecule has 0 aromatic heterocycles. The maximum atomic E-state index is 14.4. The van der Waals surface area contributed by atoms with E-state index in [4.69, 9.17) is 0 Å². The highest BCUT2D eigenvalue weighted by molar-refractivity contribution is 5.89. The molecule has 0 saturated carbocycles. The molecule has 0 fully saturated rings. The van der Waals surface area contributed by atoms with E-state index >= 15 is 0 Å². The fraction of sp³-hybridized carbons (Fsp3) is 0.0833. The van der Waals surface area contributed by atoms with E-state index in [0.717, 1.165) is 34.5 Å². The maximum absolute atomic E-state index is 14.4. The lowest BCUT2D eigenvalue weighted by Crippen LogP contribution is -2.11. The first-order chi connectivity index (χ1) is 12.7. The summed E-state index contributed by atoms with van der Waals surface area (Å²) in [4.78, 5) is 2.12. The van der Waals surface area contributed by atoms with Crippen molar-refractivity contribution in [2.75, 3.05) is 4.90 Å². The van der Waals surface area contributed by atoms with Gasteiger partial charge in [-0.1, -0.05) is 61.2 Å². The third kappa shape index (κ3) is 3.06. The number of nitrogens with zero attached hydrogens (tertiary/aromatic N) is 1. The van der Waals surface area contributed by atoms with E-state index in [9.17, 15) is 4.39 Å². The lowest BCUT2D eigenvalue weighted by atomic mass is 9.94. The Morgan fingerprint density at radius 3 is 2.62 bits per heavy atom. The Morgan fingerprint density at radius 1 is 0.962 bits per heavy atom. The average Bonchev–Trinajstić information content (AvgIpc) is 2.67. The van der Waals surface area contributed by atoms with Crippen molar-refractivity contribution >= 4 is 22.5 Å². The highest BCUT2D eigenvalue weighted by Gasteiger charge is 2.17. The van der Waals surface area contributed by atoms with E-state index in [1.54, 1.807) is 0 Å².